The Bertz CT molecular complexity index is 389. The lowest BCUT2D eigenvalue weighted by molar-refractivity contribution is 0.356. The minimum atomic E-state index is 0.690. The summed E-state index contributed by atoms with van der Waals surface area (Å²) in [6.07, 6.45) is 6.88. The maximum atomic E-state index is 3.54. The molecule has 1 aromatic carbocycles. The van der Waals surface area contributed by atoms with E-state index in [9.17, 15) is 0 Å². The SMILES string of the molecule is CNC1CCCCCC1CN(C)c1cccc(C)c1. The van der Waals surface area contributed by atoms with Gasteiger partial charge < -0.3 is 10.2 Å². The number of aryl methyl sites for hydroxylation is 1. The third kappa shape index (κ3) is 3.97. The average molecular weight is 260 g/mol. The molecule has 2 atom stereocenters. The van der Waals surface area contributed by atoms with Gasteiger partial charge >= 0.3 is 0 Å². The van der Waals surface area contributed by atoms with Crippen molar-refractivity contribution in [1.29, 1.82) is 0 Å². The molecular weight excluding hydrogens is 232 g/mol. The van der Waals surface area contributed by atoms with E-state index in [-0.39, 0.29) is 0 Å². The van der Waals surface area contributed by atoms with Crippen LogP contribution in [0.2, 0.25) is 0 Å². The summed E-state index contributed by atoms with van der Waals surface area (Å²) in [6.45, 7) is 3.33. The van der Waals surface area contributed by atoms with E-state index < -0.39 is 0 Å². The highest BCUT2D eigenvalue weighted by molar-refractivity contribution is 5.47. The topological polar surface area (TPSA) is 15.3 Å². The van der Waals surface area contributed by atoms with Crippen molar-refractivity contribution >= 4 is 5.69 Å². The summed E-state index contributed by atoms with van der Waals surface area (Å²) in [5.41, 5.74) is 2.69. The molecule has 1 aliphatic rings. The molecule has 2 rings (SSSR count). The Balaban J connectivity index is 2.01. The van der Waals surface area contributed by atoms with Gasteiger partial charge in [-0.15, -0.1) is 0 Å². The van der Waals surface area contributed by atoms with Gasteiger partial charge in [-0.3, -0.25) is 0 Å². The Morgan fingerprint density at radius 1 is 1.21 bits per heavy atom. The van der Waals surface area contributed by atoms with Gasteiger partial charge in [0.2, 0.25) is 0 Å². The van der Waals surface area contributed by atoms with E-state index in [0.29, 0.717) is 6.04 Å². The van der Waals surface area contributed by atoms with Gasteiger partial charge in [-0.2, -0.15) is 0 Å². The zero-order valence-corrected chi connectivity index (χ0v) is 12.7. The molecule has 0 amide bonds. The molecule has 0 aliphatic heterocycles. The van der Waals surface area contributed by atoms with Crippen molar-refractivity contribution in [2.75, 3.05) is 25.5 Å². The average Bonchev–Trinajstić information content (AvgIpc) is 2.63. The molecule has 1 aromatic rings. The van der Waals surface area contributed by atoms with Crippen LogP contribution in [0.15, 0.2) is 24.3 Å². The van der Waals surface area contributed by atoms with Crippen LogP contribution in [-0.4, -0.2) is 26.7 Å². The molecular formula is C17H28N2. The Hall–Kier alpha value is -1.02. The Morgan fingerprint density at radius 3 is 2.74 bits per heavy atom. The van der Waals surface area contributed by atoms with Crippen molar-refractivity contribution in [1.82, 2.24) is 5.32 Å². The van der Waals surface area contributed by atoms with Crippen molar-refractivity contribution < 1.29 is 0 Å². The van der Waals surface area contributed by atoms with Crippen molar-refractivity contribution in [3.05, 3.63) is 29.8 Å². The highest BCUT2D eigenvalue weighted by Crippen LogP contribution is 2.25. The van der Waals surface area contributed by atoms with Crippen LogP contribution in [0.25, 0.3) is 0 Å². The lowest BCUT2D eigenvalue weighted by atomic mass is 9.94. The fourth-order valence-corrected chi connectivity index (χ4v) is 3.31. The van der Waals surface area contributed by atoms with Gasteiger partial charge in [0, 0.05) is 25.3 Å². The summed E-state index contributed by atoms with van der Waals surface area (Å²) < 4.78 is 0. The summed E-state index contributed by atoms with van der Waals surface area (Å²) >= 11 is 0. The molecule has 0 heterocycles. The Labute approximate surface area is 118 Å². The number of nitrogens with one attached hydrogen (secondary N) is 1. The highest BCUT2D eigenvalue weighted by atomic mass is 15.1. The molecule has 1 N–H and O–H groups in total. The van der Waals surface area contributed by atoms with Crippen LogP contribution in [0.3, 0.4) is 0 Å². The largest absolute Gasteiger partial charge is 0.374 e. The second-order valence-electron chi connectivity index (χ2n) is 6.01. The molecule has 2 heteroatoms. The maximum absolute atomic E-state index is 3.54. The number of nitrogens with zero attached hydrogens (tertiary/aromatic N) is 1. The lowest BCUT2D eigenvalue weighted by Crippen LogP contribution is -2.39. The van der Waals surface area contributed by atoms with Gasteiger partial charge in [0.1, 0.15) is 0 Å². The summed E-state index contributed by atoms with van der Waals surface area (Å²) in [7, 11) is 4.35. The third-order valence-electron chi connectivity index (χ3n) is 4.48. The first-order chi connectivity index (χ1) is 9.20. The first-order valence-electron chi connectivity index (χ1n) is 7.66. The molecule has 0 bridgehead atoms. The van der Waals surface area contributed by atoms with Crippen LogP contribution in [0.5, 0.6) is 0 Å². The van der Waals surface area contributed by atoms with Gasteiger partial charge in [-0.1, -0.05) is 31.4 Å². The molecule has 0 aromatic heterocycles. The van der Waals surface area contributed by atoms with E-state index in [1.165, 1.54) is 43.4 Å². The number of hydrogen-bond donors (Lipinski definition) is 1. The minimum Gasteiger partial charge on any atom is -0.374 e. The summed E-state index contributed by atoms with van der Waals surface area (Å²) in [5.74, 6) is 0.776. The Morgan fingerprint density at radius 2 is 2.00 bits per heavy atom. The van der Waals surface area contributed by atoms with Gasteiger partial charge in [0.15, 0.2) is 0 Å². The van der Waals surface area contributed by atoms with E-state index in [1.807, 2.05) is 0 Å². The maximum Gasteiger partial charge on any atom is 0.0366 e. The molecule has 1 saturated carbocycles. The van der Waals surface area contributed by atoms with E-state index >= 15 is 0 Å². The number of benzene rings is 1. The van der Waals surface area contributed by atoms with E-state index in [1.54, 1.807) is 0 Å². The number of hydrogen-bond acceptors (Lipinski definition) is 2. The lowest BCUT2D eigenvalue weighted by Gasteiger charge is -2.30. The molecule has 106 valence electrons. The zero-order chi connectivity index (χ0) is 13.7. The molecule has 0 radical (unpaired) electrons. The van der Waals surface area contributed by atoms with Gasteiger partial charge in [0.25, 0.3) is 0 Å². The predicted molar refractivity (Wildman–Crippen MR) is 83.9 cm³/mol. The van der Waals surface area contributed by atoms with Crippen LogP contribution in [0.4, 0.5) is 5.69 Å². The monoisotopic (exact) mass is 260 g/mol. The summed E-state index contributed by atoms with van der Waals surface area (Å²) in [4.78, 5) is 2.42. The fraction of sp³-hybridized carbons (Fsp3) is 0.647. The number of rotatable bonds is 4. The standard InChI is InChI=1S/C17H28N2/c1-14-8-7-10-16(12-14)19(3)13-15-9-5-4-6-11-17(15)18-2/h7-8,10,12,15,17-18H,4-6,9,11,13H2,1-3H3. The van der Waals surface area contributed by atoms with Crippen molar-refractivity contribution in [3.8, 4) is 0 Å². The molecule has 2 nitrogen and oxygen atoms in total. The third-order valence-corrected chi connectivity index (χ3v) is 4.48. The number of anilines is 1. The molecule has 1 aliphatic carbocycles. The van der Waals surface area contributed by atoms with E-state index in [4.69, 9.17) is 0 Å². The van der Waals surface area contributed by atoms with Crippen molar-refractivity contribution in [2.45, 2.75) is 45.1 Å². The smallest absolute Gasteiger partial charge is 0.0366 e. The second-order valence-corrected chi connectivity index (χ2v) is 6.01. The van der Waals surface area contributed by atoms with Gasteiger partial charge in [-0.25, -0.2) is 0 Å². The van der Waals surface area contributed by atoms with Crippen LogP contribution < -0.4 is 10.2 Å². The molecule has 1 fully saturated rings. The molecule has 2 unspecified atom stereocenters. The van der Waals surface area contributed by atoms with Crippen LogP contribution >= 0.6 is 0 Å². The normalized spacial score (nSPS) is 23.9. The molecule has 0 spiro atoms. The molecule has 19 heavy (non-hydrogen) atoms. The van der Waals surface area contributed by atoms with Crippen molar-refractivity contribution in [3.63, 3.8) is 0 Å². The Kier molecular flexibility index (Phi) is 5.26. The first-order valence-corrected chi connectivity index (χ1v) is 7.66. The van der Waals surface area contributed by atoms with Crippen molar-refractivity contribution in [2.24, 2.45) is 5.92 Å². The second kappa shape index (κ2) is 6.95. The van der Waals surface area contributed by atoms with E-state index in [0.717, 1.165) is 12.5 Å². The van der Waals surface area contributed by atoms with Crippen LogP contribution in [0.1, 0.15) is 37.7 Å². The minimum absolute atomic E-state index is 0.690. The van der Waals surface area contributed by atoms with Crippen LogP contribution in [-0.2, 0) is 0 Å². The van der Waals surface area contributed by atoms with Gasteiger partial charge in [-0.05, 0) is 50.4 Å². The van der Waals surface area contributed by atoms with E-state index in [2.05, 4.69) is 55.5 Å². The first kappa shape index (κ1) is 14.4. The zero-order valence-electron chi connectivity index (χ0n) is 12.7. The fourth-order valence-electron chi connectivity index (χ4n) is 3.31. The predicted octanol–water partition coefficient (Wildman–Crippen LogP) is 3.60. The van der Waals surface area contributed by atoms with Gasteiger partial charge in [0.05, 0.1) is 0 Å². The molecule has 0 saturated heterocycles. The van der Waals surface area contributed by atoms with Crippen LogP contribution in [0, 0.1) is 12.8 Å². The summed E-state index contributed by atoms with van der Waals surface area (Å²) in [6, 6.07) is 9.52. The summed E-state index contributed by atoms with van der Waals surface area (Å²) in [5, 5.41) is 3.54. The quantitative estimate of drug-likeness (QED) is 0.832. The highest BCUT2D eigenvalue weighted by Gasteiger charge is 2.23.